The Labute approximate surface area is 194 Å². The summed E-state index contributed by atoms with van der Waals surface area (Å²) < 4.78 is 4.88. The van der Waals surface area contributed by atoms with E-state index in [0.717, 1.165) is 18.5 Å². The van der Waals surface area contributed by atoms with Crippen LogP contribution in [0.1, 0.15) is 31.0 Å². The minimum Gasteiger partial charge on any atom is -0.313 e. The topological polar surface area (TPSA) is 9.86 Å². The van der Waals surface area contributed by atoms with Gasteiger partial charge >= 0.3 is 0 Å². The van der Waals surface area contributed by atoms with Crippen LogP contribution in [0.5, 0.6) is 0 Å². The second-order valence-corrected chi connectivity index (χ2v) is 8.86. The van der Waals surface area contributed by atoms with E-state index in [1.807, 2.05) is 6.08 Å². The van der Waals surface area contributed by atoms with E-state index in [4.69, 9.17) is 0 Å². The Bertz CT molecular complexity index is 1570. The molecule has 0 N–H and O–H groups in total. The second kappa shape index (κ2) is 7.97. The van der Waals surface area contributed by atoms with Gasteiger partial charge in [0.1, 0.15) is 0 Å². The van der Waals surface area contributed by atoms with Crippen LogP contribution in [0, 0.1) is 0 Å². The fraction of sp³-hybridized carbons (Fsp3) is 0.161. The number of rotatable bonds is 4. The molecule has 0 fully saturated rings. The van der Waals surface area contributed by atoms with Gasteiger partial charge in [-0.05, 0) is 80.7 Å². The first kappa shape index (κ1) is 19.9. The summed E-state index contributed by atoms with van der Waals surface area (Å²) in [4.78, 5) is 0. The second-order valence-electron chi connectivity index (χ2n) is 8.86. The van der Waals surface area contributed by atoms with Crippen molar-refractivity contribution in [2.45, 2.75) is 32.6 Å². The van der Waals surface area contributed by atoms with Crippen LogP contribution in [-0.4, -0.2) is 9.13 Å². The van der Waals surface area contributed by atoms with Crippen LogP contribution in [0.4, 0.5) is 0 Å². The third-order valence-corrected chi connectivity index (χ3v) is 7.01. The van der Waals surface area contributed by atoms with E-state index in [-0.39, 0.29) is 0 Å². The summed E-state index contributed by atoms with van der Waals surface area (Å²) >= 11 is 0. The van der Waals surface area contributed by atoms with E-state index in [1.165, 1.54) is 62.5 Å². The standard InChI is InChI=1S/C31H28N2/c1-3-5-13-22(4-2)32-28-18-11-9-16-24(28)26-21-31-27(20-30(26)32)25-17-10-12-19-29(25)33(31)23-14-7-6-8-15-23/h3-8,10,12-15,17,19-21H,2,9,11,16,18H2,1H3/b5-3-,22-13+. The molecule has 0 amide bonds. The van der Waals surface area contributed by atoms with Gasteiger partial charge in [-0.2, -0.15) is 0 Å². The maximum absolute atomic E-state index is 4.15. The molecule has 2 nitrogen and oxygen atoms in total. The van der Waals surface area contributed by atoms with E-state index < -0.39 is 0 Å². The normalized spacial score (nSPS) is 14.5. The van der Waals surface area contributed by atoms with Crippen molar-refractivity contribution in [1.29, 1.82) is 0 Å². The summed E-state index contributed by atoms with van der Waals surface area (Å²) in [6.45, 7) is 6.21. The lowest BCUT2D eigenvalue weighted by Crippen LogP contribution is -2.07. The average Bonchev–Trinajstić information content (AvgIpc) is 3.36. The highest BCUT2D eigenvalue weighted by Crippen LogP contribution is 2.40. The Hall–Kier alpha value is -3.78. The Morgan fingerprint density at radius 1 is 0.818 bits per heavy atom. The van der Waals surface area contributed by atoms with Gasteiger partial charge in [0.15, 0.2) is 0 Å². The molecule has 33 heavy (non-hydrogen) atoms. The van der Waals surface area contributed by atoms with Gasteiger partial charge in [0.2, 0.25) is 0 Å². The molecular weight excluding hydrogens is 400 g/mol. The van der Waals surface area contributed by atoms with E-state index in [2.05, 4.69) is 108 Å². The molecule has 2 heteroatoms. The molecular formula is C31H28N2. The van der Waals surface area contributed by atoms with E-state index in [1.54, 1.807) is 0 Å². The van der Waals surface area contributed by atoms with Crippen molar-refractivity contribution < 1.29 is 0 Å². The molecule has 0 unspecified atom stereocenters. The monoisotopic (exact) mass is 428 g/mol. The quantitative estimate of drug-likeness (QED) is 0.255. The Kier molecular flexibility index (Phi) is 4.80. The van der Waals surface area contributed by atoms with Crippen LogP contribution in [0.15, 0.2) is 97.6 Å². The number of aromatic nitrogens is 2. The minimum absolute atomic E-state index is 1.12. The van der Waals surface area contributed by atoms with Gasteiger partial charge in [-0.3, -0.25) is 0 Å². The fourth-order valence-corrected chi connectivity index (χ4v) is 5.58. The lowest BCUT2D eigenvalue weighted by molar-refractivity contribution is 0.669. The first-order chi connectivity index (χ1) is 16.3. The summed E-state index contributed by atoms with van der Waals surface area (Å²) in [6, 6.07) is 24.3. The highest BCUT2D eigenvalue weighted by atomic mass is 15.0. The minimum atomic E-state index is 1.12. The molecule has 0 aliphatic heterocycles. The number of allylic oxidation sites excluding steroid dienone is 5. The van der Waals surface area contributed by atoms with Crippen LogP contribution < -0.4 is 0 Å². The number of hydrogen-bond acceptors (Lipinski definition) is 0. The predicted molar refractivity (Wildman–Crippen MR) is 142 cm³/mol. The van der Waals surface area contributed by atoms with Gasteiger partial charge in [0.05, 0.1) is 16.6 Å². The van der Waals surface area contributed by atoms with E-state index >= 15 is 0 Å². The fourth-order valence-electron chi connectivity index (χ4n) is 5.58. The summed E-state index contributed by atoms with van der Waals surface area (Å²) in [7, 11) is 0. The van der Waals surface area contributed by atoms with Gasteiger partial charge < -0.3 is 9.13 Å². The van der Waals surface area contributed by atoms with Gasteiger partial charge in [-0.25, -0.2) is 0 Å². The molecule has 0 spiro atoms. The van der Waals surface area contributed by atoms with Gasteiger partial charge in [-0.1, -0.05) is 55.1 Å². The van der Waals surface area contributed by atoms with Gasteiger partial charge in [0, 0.05) is 33.2 Å². The van der Waals surface area contributed by atoms with Crippen molar-refractivity contribution in [3.05, 3.63) is 109 Å². The average molecular weight is 429 g/mol. The summed E-state index contributed by atoms with van der Waals surface area (Å²) in [5, 5.41) is 3.97. The molecule has 0 saturated heterocycles. The maximum atomic E-state index is 4.15. The largest absolute Gasteiger partial charge is 0.313 e. The SMILES string of the molecule is C=C/C(=C\C=C/C)n1c2c(c3cc4c(cc31)c1ccccc1n4-c1ccccc1)CCCC2. The van der Waals surface area contributed by atoms with E-state index in [0.29, 0.717) is 0 Å². The zero-order valence-corrected chi connectivity index (χ0v) is 19.1. The first-order valence-electron chi connectivity index (χ1n) is 11.9. The van der Waals surface area contributed by atoms with Crippen molar-refractivity contribution in [2.75, 3.05) is 0 Å². The molecule has 2 heterocycles. The number of para-hydroxylation sites is 2. The van der Waals surface area contributed by atoms with Crippen molar-refractivity contribution >= 4 is 38.4 Å². The molecule has 162 valence electrons. The number of hydrogen-bond donors (Lipinski definition) is 0. The number of aryl methyl sites for hydroxylation is 1. The molecule has 1 aliphatic rings. The number of fused-ring (bicyclic) bond motifs is 6. The molecule has 2 aromatic heterocycles. The third kappa shape index (κ3) is 3.01. The van der Waals surface area contributed by atoms with Gasteiger partial charge in [0.25, 0.3) is 0 Å². The highest BCUT2D eigenvalue weighted by molar-refractivity contribution is 6.14. The smallest absolute Gasteiger partial charge is 0.0548 e. The number of benzene rings is 3. The molecule has 1 aliphatic carbocycles. The predicted octanol–water partition coefficient (Wildman–Crippen LogP) is 8.22. The Morgan fingerprint density at radius 3 is 2.39 bits per heavy atom. The van der Waals surface area contributed by atoms with Crippen LogP contribution in [-0.2, 0) is 12.8 Å². The Morgan fingerprint density at radius 2 is 1.58 bits per heavy atom. The molecule has 0 saturated carbocycles. The molecule has 0 radical (unpaired) electrons. The number of nitrogens with zero attached hydrogens (tertiary/aromatic N) is 2. The molecule has 6 rings (SSSR count). The molecule has 3 aromatic carbocycles. The molecule has 5 aromatic rings. The first-order valence-corrected chi connectivity index (χ1v) is 11.9. The van der Waals surface area contributed by atoms with E-state index in [9.17, 15) is 0 Å². The van der Waals surface area contributed by atoms with Crippen LogP contribution in [0.2, 0.25) is 0 Å². The zero-order chi connectivity index (χ0) is 22.4. The lowest BCUT2D eigenvalue weighted by atomic mass is 9.95. The highest BCUT2D eigenvalue weighted by Gasteiger charge is 2.23. The van der Waals surface area contributed by atoms with Crippen LogP contribution in [0.25, 0.3) is 44.1 Å². The summed E-state index contributed by atoms with van der Waals surface area (Å²) in [6.07, 6.45) is 13.1. The summed E-state index contributed by atoms with van der Waals surface area (Å²) in [5.74, 6) is 0. The Balaban J connectivity index is 1.77. The molecule has 0 bridgehead atoms. The zero-order valence-electron chi connectivity index (χ0n) is 19.1. The van der Waals surface area contributed by atoms with Crippen molar-refractivity contribution in [3.63, 3.8) is 0 Å². The third-order valence-electron chi connectivity index (χ3n) is 7.01. The lowest BCUT2D eigenvalue weighted by Gasteiger charge is -2.16. The van der Waals surface area contributed by atoms with Crippen molar-refractivity contribution in [1.82, 2.24) is 9.13 Å². The van der Waals surface area contributed by atoms with Gasteiger partial charge in [-0.15, -0.1) is 0 Å². The van der Waals surface area contributed by atoms with Crippen molar-refractivity contribution in [2.24, 2.45) is 0 Å². The maximum Gasteiger partial charge on any atom is 0.0548 e. The van der Waals surface area contributed by atoms with Crippen molar-refractivity contribution in [3.8, 4) is 5.69 Å². The molecule has 0 atom stereocenters. The van der Waals surface area contributed by atoms with Crippen LogP contribution >= 0.6 is 0 Å². The van der Waals surface area contributed by atoms with Crippen LogP contribution in [0.3, 0.4) is 0 Å². The summed E-state index contributed by atoms with van der Waals surface area (Å²) in [5.41, 5.74) is 9.13.